The standard InChI is InChI=1S/C15H19NO2/c17-15(12-6-7-12)16-9-2-4-11-3-1-5-14-13(11)8-10-18-14/h1,3,5,12H,2,4,6-10H2,(H,16,17). The molecule has 3 rings (SSSR count). The van der Waals surface area contributed by atoms with Gasteiger partial charge >= 0.3 is 0 Å². The van der Waals surface area contributed by atoms with Crippen LogP contribution in [-0.4, -0.2) is 19.1 Å². The Morgan fingerprint density at radius 1 is 1.39 bits per heavy atom. The van der Waals surface area contributed by atoms with Crippen LogP contribution in [0.5, 0.6) is 5.75 Å². The number of fused-ring (bicyclic) bond motifs is 1. The van der Waals surface area contributed by atoms with Crippen LogP contribution in [0.2, 0.25) is 0 Å². The molecule has 1 aliphatic heterocycles. The normalized spacial score (nSPS) is 17.1. The summed E-state index contributed by atoms with van der Waals surface area (Å²) in [5, 5.41) is 3.01. The number of ether oxygens (including phenoxy) is 1. The van der Waals surface area contributed by atoms with E-state index in [2.05, 4.69) is 17.4 Å². The minimum absolute atomic E-state index is 0.247. The zero-order valence-corrected chi connectivity index (χ0v) is 10.6. The van der Waals surface area contributed by atoms with Gasteiger partial charge in [0.2, 0.25) is 5.91 Å². The number of rotatable bonds is 5. The third-order valence-electron chi connectivity index (χ3n) is 3.71. The van der Waals surface area contributed by atoms with E-state index < -0.39 is 0 Å². The molecule has 1 amide bonds. The molecule has 0 aromatic heterocycles. The highest BCUT2D eigenvalue weighted by molar-refractivity contribution is 5.80. The molecule has 0 saturated heterocycles. The number of carbonyl (C=O) groups excluding carboxylic acids is 1. The Labute approximate surface area is 108 Å². The lowest BCUT2D eigenvalue weighted by atomic mass is 10.0. The van der Waals surface area contributed by atoms with Crippen LogP contribution in [0, 0.1) is 5.92 Å². The van der Waals surface area contributed by atoms with E-state index in [1.807, 2.05) is 6.07 Å². The highest BCUT2D eigenvalue weighted by atomic mass is 16.5. The van der Waals surface area contributed by atoms with E-state index in [0.717, 1.165) is 51.0 Å². The van der Waals surface area contributed by atoms with Gasteiger partial charge in [0, 0.05) is 24.4 Å². The molecule has 2 aliphatic rings. The Morgan fingerprint density at radius 3 is 3.11 bits per heavy atom. The highest BCUT2D eigenvalue weighted by Gasteiger charge is 2.28. The second kappa shape index (κ2) is 5.01. The van der Waals surface area contributed by atoms with Crippen LogP contribution in [-0.2, 0) is 17.6 Å². The summed E-state index contributed by atoms with van der Waals surface area (Å²) in [5.41, 5.74) is 2.75. The largest absolute Gasteiger partial charge is 0.493 e. The fourth-order valence-electron chi connectivity index (χ4n) is 2.51. The molecule has 96 valence electrons. The number of amides is 1. The summed E-state index contributed by atoms with van der Waals surface area (Å²) in [7, 11) is 0. The Morgan fingerprint density at radius 2 is 2.28 bits per heavy atom. The maximum absolute atomic E-state index is 11.5. The van der Waals surface area contributed by atoms with Gasteiger partial charge in [-0.15, -0.1) is 0 Å². The predicted molar refractivity (Wildman–Crippen MR) is 69.7 cm³/mol. The number of aryl methyl sites for hydroxylation is 1. The van der Waals surface area contributed by atoms with Gasteiger partial charge < -0.3 is 10.1 Å². The minimum Gasteiger partial charge on any atom is -0.493 e. The zero-order chi connectivity index (χ0) is 12.4. The van der Waals surface area contributed by atoms with Gasteiger partial charge in [0.25, 0.3) is 0 Å². The van der Waals surface area contributed by atoms with Gasteiger partial charge in [-0.1, -0.05) is 12.1 Å². The van der Waals surface area contributed by atoms with E-state index in [1.165, 1.54) is 11.1 Å². The third-order valence-corrected chi connectivity index (χ3v) is 3.71. The molecule has 1 saturated carbocycles. The van der Waals surface area contributed by atoms with Crippen molar-refractivity contribution in [2.24, 2.45) is 5.92 Å². The molecule has 1 aromatic carbocycles. The predicted octanol–water partition coefficient (Wildman–Crippen LogP) is 2.08. The summed E-state index contributed by atoms with van der Waals surface area (Å²) in [6, 6.07) is 6.28. The van der Waals surface area contributed by atoms with Crippen molar-refractivity contribution >= 4 is 5.91 Å². The summed E-state index contributed by atoms with van der Waals surface area (Å²) < 4.78 is 5.55. The van der Waals surface area contributed by atoms with Gasteiger partial charge in [-0.2, -0.15) is 0 Å². The maximum Gasteiger partial charge on any atom is 0.223 e. The van der Waals surface area contributed by atoms with E-state index in [1.54, 1.807) is 0 Å². The van der Waals surface area contributed by atoms with Gasteiger partial charge in [-0.25, -0.2) is 0 Å². The number of hydrogen-bond acceptors (Lipinski definition) is 2. The van der Waals surface area contributed by atoms with E-state index in [0.29, 0.717) is 5.92 Å². The molecule has 3 heteroatoms. The van der Waals surface area contributed by atoms with Crippen molar-refractivity contribution in [1.82, 2.24) is 5.32 Å². The quantitative estimate of drug-likeness (QED) is 0.807. The summed E-state index contributed by atoms with van der Waals surface area (Å²) in [4.78, 5) is 11.5. The van der Waals surface area contributed by atoms with Gasteiger partial charge in [0.1, 0.15) is 5.75 Å². The third kappa shape index (κ3) is 2.50. The first-order valence-electron chi connectivity index (χ1n) is 6.86. The molecule has 1 aromatic rings. The van der Waals surface area contributed by atoms with Crippen molar-refractivity contribution in [2.45, 2.75) is 32.1 Å². The van der Waals surface area contributed by atoms with E-state index >= 15 is 0 Å². The Hall–Kier alpha value is -1.51. The summed E-state index contributed by atoms with van der Waals surface area (Å²) in [6.07, 6.45) is 5.22. The molecule has 0 unspecified atom stereocenters. The molecular weight excluding hydrogens is 226 g/mol. The molecule has 1 N–H and O–H groups in total. The lowest BCUT2D eigenvalue weighted by molar-refractivity contribution is -0.122. The van der Waals surface area contributed by atoms with Gasteiger partial charge in [0.05, 0.1) is 6.61 Å². The van der Waals surface area contributed by atoms with Gasteiger partial charge in [-0.3, -0.25) is 4.79 Å². The number of hydrogen-bond donors (Lipinski definition) is 1. The van der Waals surface area contributed by atoms with Crippen LogP contribution in [0.1, 0.15) is 30.4 Å². The lowest BCUT2D eigenvalue weighted by Gasteiger charge is -2.07. The summed E-state index contributed by atoms with van der Waals surface area (Å²) in [6.45, 7) is 1.60. The molecule has 1 heterocycles. The monoisotopic (exact) mass is 245 g/mol. The molecular formula is C15H19NO2. The molecule has 3 nitrogen and oxygen atoms in total. The first-order valence-corrected chi connectivity index (χ1v) is 6.86. The van der Waals surface area contributed by atoms with Crippen molar-refractivity contribution in [3.05, 3.63) is 29.3 Å². The van der Waals surface area contributed by atoms with Crippen molar-refractivity contribution in [2.75, 3.05) is 13.2 Å². The molecule has 0 bridgehead atoms. The van der Waals surface area contributed by atoms with Crippen LogP contribution >= 0.6 is 0 Å². The SMILES string of the molecule is O=C(NCCCc1cccc2c1CCO2)C1CC1. The average molecular weight is 245 g/mol. The number of nitrogens with one attached hydrogen (secondary N) is 1. The molecule has 1 fully saturated rings. The van der Waals surface area contributed by atoms with Crippen molar-refractivity contribution in [1.29, 1.82) is 0 Å². The Bertz CT molecular complexity index is 452. The van der Waals surface area contributed by atoms with Crippen LogP contribution in [0.3, 0.4) is 0 Å². The van der Waals surface area contributed by atoms with E-state index in [9.17, 15) is 4.79 Å². The smallest absolute Gasteiger partial charge is 0.223 e. The maximum atomic E-state index is 11.5. The molecule has 0 atom stereocenters. The van der Waals surface area contributed by atoms with Crippen molar-refractivity contribution in [3.63, 3.8) is 0 Å². The molecule has 0 radical (unpaired) electrons. The lowest BCUT2D eigenvalue weighted by Crippen LogP contribution is -2.26. The molecule has 1 aliphatic carbocycles. The summed E-state index contributed by atoms with van der Waals surface area (Å²) >= 11 is 0. The number of benzene rings is 1. The van der Waals surface area contributed by atoms with Crippen LogP contribution in [0.4, 0.5) is 0 Å². The second-order valence-electron chi connectivity index (χ2n) is 5.16. The minimum atomic E-state index is 0.247. The molecule has 0 spiro atoms. The zero-order valence-electron chi connectivity index (χ0n) is 10.6. The van der Waals surface area contributed by atoms with Crippen LogP contribution in [0.15, 0.2) is 18.2 Å². The van der Waals surface area contributed by atoms with Crippen molar-refractivity contribution in [3.8, 4) is 5.75 Å². The average Bonchev–Trinajstić information content (AvgIpc) is 3.12. The number of carbonyl (C=O) groups is 1. The van der Waals surface area contributed by atoms with E-state index in [4.69, 9.17) is 4.74 Å². The second-order valence-corrected chi connectivity index (χ2v) is 5.16. The topological polar surface area (TPSA) is 38.3 Å². The Balaban J connectivity index is 1.48. The van der Waals surface area contributed by atoms with Crippen LogP contribution in [0.25, 0.3) is 0 Å². The Kier molecular flexibility index (Phi) is 3.22. The summed E-state index contributed by atoms with van der Waals surface area (Å²) in [5.74, 6) is 1.62. The van der Waals surface area contributed by atoms with Gasteiger partial charge in [-0.05, 0) is 37.3 Å². The van der Waals surface area contributed by atoms with Crippen LogP contribution < -0.4 is 10.1 Å². The van der Waals surface area contributed by atoms with Gasteiger partial charge in [0.15, 0.2) is 0 Å². The first-order chi connectivity index (χ1) is 8.84. The van der Waals surface area contributed by atoms with E-state index in [-0.39, 0.29) is 5.91 Å². The highest BCUT2D eigenvalue weighted by Crippen LogP contribution is 2.29. The fraction of sp³-hybridized carbons (Fsp3) is 0.533. The van der Waals surface area contributed by atoms with Crippen molar-refractivity contribution < 1.29 is 9.53 Å². The fourth-order valence-corrected chi connectivity index (χ4v) is 2.51. The molecule has 18 heavy (non-hydrogen) atoms. The first kappa shape index (κ1) is 11.6.